The quantitative estimate of drug-likeness (QED) is 0.825. The monoisotopic (exact) mass is 340 g/mol. The summed E-state index contributed by atoms with van der Waals surface area (Å²) in [6.45, 7) is 3.83. The first-order valence-corrected chi connectivity index (χ1v) is 8.28. The molecule has 0 radical (unpaired) electrons. The minimum atomic E-state index is -1.92. The number of amides is 2. The zero-order valence-electron chi connectivity index (χ0n) is 14.4. The second kappa shape index (κ2) is 5.47. The summed E-state index contributed by atoms with van der Waals surface area (Å²) in [5.74, 6) is -1.41. The summed E-state index contributed by atoms with van der Waals surface area (Å²) in [4.78, 5) is 13.8. The molecule has 2 aliphatic heterocycles. The first-order valence-electron chi connectivity index (χ1n) is 8.28. The molecule has 2 atom stereocenters. The molecule has 0 spiro atoms. The number of rotatable bonds is 2. The molecule has 2 amide bonds. The molecule has 130 valence electrons. The minimum absolute atomic E-state index is 0.231. The van der Waals surface area contributed by atoms with Crippen LogP contribution in [0.15, 0.2) is 47.7 Å². The Labute approximate surface area is 145 Å². The number of nitrogens with one attached hydrogen (secondary N) is 1. The molecular formula is C19H20N2O4. The van der Waals surface area contributed by atoms with Crippen LogP contribution in [0.4, 0.5) is 4.79 Å². The van der Waals surface area contributed by atoms with Crippen molar-refractivity contribution >= 4 is 16.8 Å². The van der Waals surface area contributed by atoms with E-state index in [1.165, 1.54) is 4.90 Å². The molecule has 6 nitrogen and oxygen atoms in total. The smallest absolute Gasteiger partial charge is 0.354 e. The van der Waals surface area contributed by atoms with Gasteiger partial charge in [0.1, 0.15) is 5.75 Å². The lowest BCUT2D eigenvalue weighted by Crippen LogP contribution is -2.55. The molecule has 2 aromatic rings. The fraction of sp³-hybridized carbons (Fsp3) is 0.316. The van der Waals surface area contributed by atoms with Crippen LogP contribution in [-0.4, -0.2) is 35.7 Å². The predicted molar refractivity (Wildman–Crippen MR) is 92.9 cm³/mol. The summed E-state index contributed by atoms with van der Waals surface area (Å²) in [7, 11) is 1.65. The van der Waals surface area contributed by atoms with E-state index in [-0.39, 0.29) is 12.6 Å². The number of fused-ring (bicyclic) bond motifs is 5. The zero-order valence-corrected chi connectivity index (χ0v) is 14.4. The Balaban J connectivity index is 2.03. The van der Waals surface area contributed by atoms with Gasteiger partial charge in [0.05, 0.1) is 18.2 Å². The van der Waals surface area contributed by atoms with E-state index >= 15 is 0 Å². The lowest BCUT2D eigenvalue weighted by Gasteiger charge is -2.45. The third kappa shape index (κ3) is 2.22. The maximum Gasteiger partial charge on any atom is 0.354 e. The number of urea groups is 1. The first-order chi connectivity index (χ1) is 12.0. The van der Waals surface area contributed by atoms with Gasteiger partial charge in [-0.3, -0.25) is 0 Å². The molecule has 6 heteroatoms. The average molecular weight is 340 g/mol. The van der Waals surface area contributed by atoms with Crippen molar-refractivity contribution in [3.8, 4) is 5.75 Å². The summed E-state index contributed by atoms with van der Waals surface area (Å²) in [5.41, 5.74) is 1.95. The Morgan fingerprint density at radius 3 is 2.84 bits per heavy atom. The van der Waals surface area contributed by atoms with Gasteiger partial charge in [0, 0.05) is 18.3 Å². The van der Waals surface area contributed by atoms with Crippen LogP contribution in [0.25, 0.3) is 10.8 Å². The SMILES string of the molecule is CCOC1(O)Oc2ccc3ccccc3c2C2NC(=O)N(C)C(C)=C21. The Morgan fingerprint density at radius 2 is 2.08 bits per heavy atom. The van der Waals surface area contributed by atoms with Crippen molar-refractivity contribution < 1.29 is 19.4 Å². The van der Waals surface area contributed by atoms with Gasteiger partial charge in [-0.05, 0) is 30.7 Å². The number of hydrogen-bond acceptors (Lipinski definition) is 4. The molecule has 25 heavy (non-hydrogen) atoms. The first kappa shape index (κ1) is 15.9. The van der Waals surface area contributed by atoms with Crippen LogP contribution in [0, 0.1) is 0 Å². The van der Waals surface area contributed by atoms with Gasteiger partial charge in [-0.15, -0.1) is 0 Å². The summed E-state index contributed by atoms with van der Waals surface area (Å²) >= 11 is 0. The van der Waals surface area contributed by atoms with E-state index in [0.717, 1.165) is 16.3 Å². The van der Waals surface area contributed by atoms with E-state index in [0.29, 0.717) is 17.0 Å². The van der Waals surface area contributed by atoms with Gasteiger partial charge in [0.15, 0.2) is 0 Å². The maximum atomic E-state index is 12.4. The van der Waals surface area contributed by atoms with Gasteiger partial charge in [0.2, 0.25) is 0 Å². The van der Waals surface area contributed by atoms with Crippen molar-refractivity contribution in [2.45, 2.75) is 25.9 Å². The highest BCUT2D eigenvalue weighted by Gasteiger charge is 2.51. The van der Waals surface area contributed by atoms with Gasteiger partial charge in [-0.2, -0.15) is 0 Å². The fourth-order valence-corrected chi connectivity index (χ4v) is 3.63. The second-order valence-corrected chi connectivity index (χ2v) is 6.26. The topological polar surface area (TPSA) is 71.0 Å². The number of hydrogen-bond donors (Lipinski definition) is 2. The van der Waals surface area contributed by atoms with Crippen LogP contribution in [0.5, 0.6) is 5.75 Å². The van der Waals surface area contributed by atoms with Crippen LogP contribution >= 0.6 is 0 Å². The van der Waals surface area contributed by atoms with Gasteiger partial charge in [-0.25, -0.2) is 4.79 Å². The largest absolute Gasteiger partial charge is 0.435 e. The molecule has 2 unspecified atom stereocenters. The third-order valence-corrected chi connectivity index (χ3v) is 4.90. The molecule has 0 aliphatic carbocycles. The molecule has 2 aliphatic rings. The Kier molecular flexibility index (Phi) is 3.49. The minimum Gasteiger partial charge on any atom is -0.435 e. The van der Waals surface area contributed by atoms with E-state index < -0.39 is 12.0 Å². The molecule has 0 saturated heterocycles. The molecule has 2 N–H and O–H groups in total. The van der Waals surface area contributed by atoms with Crippen molar-refractivity contribution in [3.05, 3.63) is 53.2 Å². The Bertz CT molecular complexity index is 907. The predicted octanol–water partition coefficient (Wildman–Crippen LogP) is 2.88. The van der Waals surface area contributed by atoms with Crippen molar-refractivity contribution in [2.24, 2.45) is 0 Å². The molecule has 4 rings (SSSR count). The normalized spacial score (nSPS) is 25.4. The van der Waals surface area contributed by atoms with Gasteiger partial charge in [0.25, 0.3) is 0 Å². The summed E-state index contributed by atoms with van der Waals surface area (Å²) in [6.07, 6.45) is 0. The number of nitrogens with zero attached hydrogens (tertiary/aromatic N) is 1. The standard InChI is InChI=1S/C19H20N2O4/c1-4-24-19(23)16-11(2)21(3)18(22)20-17(16)15-13-8-6-5-7-12(13)9-10-14(15)25-19/h5-10,17,23H,4H2,1-3H3,(H,20,22). The fourth-order valence-electron chi connectivity index (χ4n) is 3.63. The number of ether oxygens (including phenoxy) is 2. The molecule has 2 heterocycles. The highest BCUT2D eigenvalue weighted by molar-refractivity contribution is 5.90. The molecule has 0 aromatic heterocycles. The second-order valence-electron chi connectivity index (χ2n) is 6.26. The number of carbonyl (C=O) groups is 1. The van der Waals surface area contributed by atoms with E-state index in [4.69, 9.17) is 9.47 Å². The van der Waals surface area contributed by atoms with E-state index in [9.17, 15) is 9.90 Å². The lowest BCUT2D eigenvalue weighted by atomic mass is 9.87. The van der Waals surface area contributed by atoms with Crippen LogP contribution in [0.2, 0.25) is 0 Å². The van der Waals surface area contributed by atoms with Gasteiger partial charge >= 0.3 is 12.0 Å². The maximum absolute atomic E-state index is 12.4. The summed E-state index contributed by atoms with van der Waals surface area (Å²) in [5, 5.41) is 16.1. The van der Waals surface area contributed by atoms with Crippen molar-refractivity contribution in [3.63, 3.8) is 0 Å². The molecule has 0 fully saturated rings. The summed E-state index contributed by atoms with van der Waals surface area (Å²) < 4.78 is 11.4. The van der Waals surface area contributed by atoms with Crippen molar-refractivity contribution in [1.29, 1.82) is 0 Å². The summed E-state index contributed by atoms with van der Waals surface area (Å²) in [6, 6.07) is 10.9. The third-order valence-electron chi connectivity index (χ3n) is 4.90. The van der Waals surface area contributed by atoms with Crippen LogP contribution in [0.3, 0.4) is 0 Å². The van der Waals surface area contributed by atoms with Gasteiger partial charge in [-0.1, -0.05) is 30.3 Å². The molecule has 0 bridgehead atoms. The number of aliphatic hydroxyl groups is 1. The van der Waals surface area contributed by atoms with Crippen LogP contribution in [-0.2, 0) is 4.74 Å². The van der Waals surface area contributed by atoms with E-state index in [2.05, 4.69) is 5.32 Å². The average Bonchev–Trinajstić information content (AvgIpc) is 2.59. The van der Waals surface area contributed by atoms with Crippen LogP contribution < -0.4 is 10.1 Å². The number of benzene rings is 2. The highest BCUT2D eigenvalue weighted by atomic mass is 16.8. The van der Waals surface area contributed by atoms with E-state index in [1.807, 2.05) is 30.3 Å². The lowest BCUT2D eigenvalue weighted by molar-refractivity contribution is -0.298. The highest BCUT2D eigenvalue weighted by Crippen LogP contribution is 2.48. The van der Waals surface area contributed by atoms with Crippen molar-refractivity contribution in [1.82, 2.24) is 10.2 Å². The number of allylic oxidation sites excluding steroid dienone is 1. The van der Waals surface area contributed by atoms with Gasteiger partial charge < -0.3 is 24.8 Å². The molecule has 2 aromatic carbocycles. The van der Waals surface area contributed by atoms with E-state index in [1.54, 1.807) is 27.0 Å². The molecular weight excluding hydrogens is 320 g/mol. The number of carbonyl (C=O) groups excluding carboxylic acids is 1. The van der Waals surface area contributed by atoms with Crippen molar-refractivity contribution in [2.75, 3.05) is 13.7 Å². The zero-order chi connectivity index (χ0) is 17.8. The Morgan fingerprint density at radius 1 is 1.32 bits per heavy atom. The molecule has 0 saturated carbocycles. The van der Waals surface area contributed by atoms with Crippen LogP contribution in [0.1, 0.15) is 25.5 Å². The Hall–Kier alpha value is -2.57.